The molecular weight excluding hydrogens is 588 g/mol. The number of hydrogen-bond acceptors (Lipinski definition) is 9. The van der Waals surface area contributed by atoms with Crippen molar-refractivity contribution >= 4 is 23.8 Å². The van der Waals surface area contributed by atoms with Crippen LogP contribution in [0.5, 0.6) is 0 Å². The molecule has 2 fully saturated rings. The van der Waals surface area contributed by atoms with Gasteiger partial charge < -0.3 is 36.3 Å². The van der Waals surface area contributed by atoms with Gasteiger partial charge in [0.1, 0.15) is 17.5 Å². The van der Waals surface area contributed by atoms with Crippen LogP contribution in [0, 0.1) is 17.8 Å². The second-order valence-corrected chi connectivity index (χ2v) is 14.1. The fourth-order valence-corrected chi connectivity index (χ4v) is 7.42. The summed E-state index contributed by atoms with van der Waals surface area (Å²) in [7, 11) is 0. The van der Waals surface area contributed by atoms with Gasteiger partial charge in [-0.3, -0.25) is 14.5 Å². The second-order valence-electron chi connectivity index (χ2n) is 14.1. The molecule has 1 aromatic heterocycles. The van der Waals surface area contributed by atoms with E-state index in [4.69, 9.17) is 25.9 Å². The van der Waals surface area contributed by atoms with Crippen LogP contribution in [0.15, 0.2) is 24.6 Å². The molecule has 3 heterocycles. The van der Waals surface area contributed by atoms with Gasteiger partial charge >= 0.3 is 12.1 Å². The molecule has 4 rings (SSSR count). The average Bonchev–Trinajstić information content (AvgIpc) is 3.51. The molecule has 1 aromatic rings. The van der Waals surface area contributed by atoms with Crippen LogP contribution < -0.4 is 16.8 Å². The number of hydrogen-bond donors (Lipinski definition) is 4. The molecule has 5 atom stereocenters. The monoisotopic (exact) mass is 642 g/mol. The predicted molar refractivity (Wildman–Crippen MR) is 175 cm³/mol. The maximum Gasteiger partial charge on any atom is 0.410 e. The number of amides is 2. The highest BCUT2D eigenvalue weighted by atomic mass is 16.6. The number of fused-ring (bicyclic) bond motifs is 1. The van der Waals surface area contributed by atoms with E-state index < -0.39 is 23.8 Å². The number of aliphatic carboxylic acids is 1. The highest BCUT2D eigenvalue weighted by Gasteiger charge is 2.45. The molecule has 12 heteroatoms. The Bertz CT molecular complexity index is 1250. The molecule has 0 spiro atoms. The van der Waals surface area contributed by atoms with E-state index in [9.17, 15) is 19.5 Å². The van der Waals surface area contributed by atoms with Crippen molar-refractivity contribution in [2.75, 3.05) is 25.0 Å². The summed E-state index contributed by atoms with van der Waals surface area (Å²) < 4.78 is 11.2. The summed E-state index contributed by atoms with van der Waals surface area (Å²) in [6, 6.07) is 2.57. The van der Waals surface area contributed by atoms with E-state index in [2.05, 4.69) is 11.9 Å². The lowest BCUT2D eigenvalue weighted by Crippen LogP contribution is -2.48. The fraction of sp³-hybridized carbons (Fsp3) is 0.706. The summed E-state index contributed by atoms with van der Waals surface area (Å²) in [4.78, 5) is 46.7. The molecule has 0 radical (unpaired) electrons. The van der Waals surface area contributed by atoms with Crippen LogP contribution in [-0.4, -0.2) is 75.4 Å². The van der Waals surface area contributed by atoms with Gasteiger partial charge in [-0.25, -0.2) is 9.78 Å². The first-order valence-electron chi connectivity index (χ1n) is 16.9. The lowest BCUT2D eigenvalue weighted by Gasteiger charge is -2.40. The molecule has 1 aliphatic carbocycles. The summed E-state index contributed by atoms with van der Waals surface area (Å²) in [6.07, 6.45) is 5.52. The van der Waals surface area contributed by atoms with E-state index in [0.717, 1.165) is 36.9 Å². The van der Waals surface area contributed by atoms with Gasteiger partial charge in [0, 0.05) is 13.1 Å². The third kappa shape index (κ3) is 8.31. The Balaban J connectivity index is 1.44. The van der Waals surface area contributed by atoms with Crippen LogP contribution in [0.3, 0.4) is 0 Å². The quantitative estimate of drug-likeness (QED) is 0.181. The van der Waals surface area contributed by atoms with Gasteiger partial charge in [-0.15, -0.1) is 0 Å². The number of aromatic nitrogens is 1. The molecule has 0 bridgehead atoms. The van der Waals surface area contributed by atoms with Crippen molar-refractivity contribution < 1.29 is 29.0 Å². The first-order chi connectivity index (χ1) is 21.7. The molecule has 12 nitrogen and oxygen atoms in total. The molecule has 256 valence electrons. The van der Waals surface area contributed by atoms with Gasteiger partial charge in [-0.1, -0.05) is 18.9 Å². The van der Waals surface area contributed by atoms with E-state index in [1.807, 2.05) is 46.8 Å². The first kappa shape index (κ1) is 35.5. The summed E-state index contributed by atoms with van der Waals surface area (Å²) in [5, 5.41) is 13.1. The van der Waals surface area contributed by atoms with Crippen LogP contribution in [0.1, 0.15) is 109 Å². The van der Waals surface area contributed by atoms with Crippen molar-refractivity contribution in [3.05, 3.63) is 35.9 Å². The molecular formula is C34H54N6O6. The highest BCUT2D eigenvalue weighted by molar-refractivity contribution is 5.87. The Morgan fingerprint density at radius 2 is 1.78 bits per heavy atom. The molecule has 46 heavy (non-hydrogen) atoms. The molecule has 6 N–H and O–H groups in total. The second kappa shape index (κ2) is 15.0. The van der Waals surface area contributed by atoms with Crippen molar-refractivity contribution in [1.82, 2.24) is 14.8 Å². The minimum Gasteiger partial charge on any atom is -0.480 e. The van der Waals surface area contributed by atoms with Crippen LogP contribution in [0.2, 0.25) is 0 Å². The van der Waals surface area contributed by atoms with E-state index in [1.54, 1.807) is 9.80 Å². The number of carbonyl (C=O) groups excluding carboxylic acids is 2. The Morgan fingerprint density at radius 3 is 2.37 bits per heavy atom. The van der Waals surface area contributed by atoms with Crippen LogP contribution >= 0.6 is 0 Å². The minimum absolute atomic E-state index is 0.0254. The van der Waals surface area contributed by atoms with Gasteiger partial charge in [0.15, 0.2) is 5.88 Å². The number of anilines is 1. The van der Waals surface area contributed by atoms with Crippen molar-refractivity contribution in [2.24, 2.45) is 29.2 Å². The number of piperidine rings is 1. The minimum atomic E-state index is -1.05. The van der Waals surface area contributed by atoms with Gasteiger partial charge in [0.25, 0.3) is 0 Å². The number of pyridine rings is 1. The lowest BCUT2D eigenvalue weighted by molar-refractivity contribution is -0.141. The van der Waals surface area contributed by atoms with Gasteiger partial charge in [0.2, 0.25) is 5.91 Å². The standard InChI is InChI=1S/C34H54N6O6/c1-7-45-21(3)40-20(2)24-13-15-27(38-30(24)28(31(40)41)23-10-8-9-11-23)37-26(35)14-12-25(29(36)32(42)43)22-16-18-39(19-17-22)33(44)46-34(4,5)6/h13,15,20,22-23,25-26,28-29H,3,7-12,14,16-19,35-36H2,1-2,4-6H3,(H,37,38)(H,42,43)/t20?,25?,26?,28?,29-/m0/s1. The molecule has 1 saturated heterocycles. The Hall–Kier alpha value is -3.38. The zero-order valence-electron chi connectivity index (χ0n) is 28.2. The smallest absolute Gasteiger partial charge is 0.410 e. The zero-order chi connectivity index (χ0) is 33.8. The van der Waals surface area contributed by atoms with Crippen LogP contribution in [0.4, 0.5) is 10.6 Å². The van der Waals surface area contributed by atoms with Crippen molar-refractivity contribution in [2.45, 2.75) is 116 Å². The van der Waals surface area contributed by atoms with Gasteiger partial charge in [-0.05, 0) is 109 Å². The molecule has 3 aliphatic rings. The zero-order valence-corrected chi connectivity index (χ0v) is 28.2. The number of nitrogens with two attached hydrogens (primary N) is 2. The molecule has 2 amide bonds. The van der Waals surface area contributed by atoms with E-state index in [-0.39, 0.29) is 41.7 Å². The van der Waals surface area contributed by atoms with E-state index in [1.165, 1.54) is 0 Å². The number of rotatable bonds is 12. The normalized spacial score (nSPS) is 23.0. The third-order valence-corrected chi connectivity index (χ3v) is 9.73. The summed E-state index contributed by atoms with van der Waals surface area (Å²) in [6.45, 7) is 14.8. The maximum atomic E-state index is 13.9. The molecule has 2 aliphatic heterocycles. The lowest BCUT2D eigenvalue weighted by atomic mass is 9.77. The number of ether oxygens (including phenoxy) is 2. The van der Waals surface area contributed by atoms with Crippen molar-refractivity contribution in [3.63, 3.8) is 0 Å². The van der Waals surface area contributed by atoms with Crippen LogP contribution in [-0.2, 0) is 19.1 Å². The summed E-state index contributed by atoms with van der Waals surface area (Å²) in [5.41, 5.74) is 13.9. The Labute approximate surface area is 273 Å². The SMILES string of the molecule is C=C(OCC)N1C(=O)C(C2CCCC2)c2nc(NC(N)CCC(C3CCN(C(=O)OC(C)(C)C)CC3)[C@H](N)C(=O)O)ccc2C1C. The van der Waals surface area contributed by atoms with E-state index in [0.29, 0.717) is 57.1 Å². The van der Waals surface area contributed by atoms with Gasteiger partial charge in [0.05, 0.1) is 30.4 Å². The summed E-state index contributed by atoms with van der Waals surface area (Å²) in [5.74, 6) is -0.581. The number of likely N-dealkylation sites (tertiary alicyclic amines) is 1. The Kier molecular flexibility index (Phi) is 11.6. The first-order valence-corrected chi connectivity index (χ1v) is 16.9. The molecule has 0 aromatic carbocycles. The number of carbonyl (C=O) groups is 3. The van der Waals surface area contributed by atoms with Crippen molar-refractivity contribution in [1.29, 1.82) is 0 Å². The van der Waals surface area contributed by atoms with E-state index >= 15 is 0 Å². The van der Waals surface area contributed by atoms with Crippen molar-refractivity contribution in [3.8, 4) is 0 Å². The Morgan fingerprint density at radius 1 is 1.13 bits per heavy atom. The summed E-state index contributed by atoms with van der Waals surface area (Å²) >= 11 is 0. The topological polar surface area (TPSA) is 173 Å². The number of carboxylic acid groups (broad SMARTS) is 1. The number of carboxylic acids is 1. The fourth-order valence-electron chi connectivity index (χ4n) is 7.42. The third-order valence-electron chi connectivity index (χ3n) is 9.73. The highest BCUT2D eigenvalue weighted by Crippen LogP contribution is 2.46. The van der Waals surface area contributed by atoms with Gasteiger partial charge in [-0.2, -0.15) is 0 Å². The molecule has 1 saturated carbocycles. The predicted octanol–water partition coefficient (Wildman–Crippen LogP) is 4.92. The maximum absolute atomic E-state index is 13.9. The number of nitrogens with zero attached hydrogens (tertiary/aromatic N) is 3. The average molecular weight is 643 g/mol. The number of nitrogens with one attached hydrogen (secondary N) is 1. The largest absolute Gasteiger partial charge is 0.480 e. The molecule has 4 unspecified atom stereocenters. The van der Waals surface area contributed by atoms with Crippen LogP contribution in [0.25, 0.3) is 0 Å².